The highest BCUT2D eigenvalue weighted by atomic mass is 16.5. The summed E-state index contributed by atoms with van der Waals surface area (Å²) < 4.78 is 5.87. The predicted octanol–water partition coefficient (Wildman–Crippen LogP) is 1.39. The fourth-order valence-corrected chi connectivity index (χ4v) is 6.60. The second kappa shape index (κ2) is 15.6. The summed E-state index contributed by atoms with van der Waals surface area (Å²) in [4.78, 5) is 62.7. The summed E-state index contributed by atoms with van der Waals surface area (Å²) in [7, 11) is 0. The van der Waals surface area contributed by atoms with Gasteiger partial charge in [-0.2, -0.15) is 0 Å². The van der Waals surface area contributed by atoms with Gasteiger partial charge >= 0.3 is 0 Å². The number of benzene rings is 2. The Hall–Kier alpha value is -4.81. The van der Waals surface area contributed by atoms with E-state index in [1.165, 1.54) is 11.8 Å². The first-order chi connectivity index (χ1) is 23.7. The molecule has 1 aromatic heterocycles. The van der Waals surface area contributed by atoms with Crippen molar-refractivity contribution in [1.29, 1.82) is 0 Å². The summed E-state index contributed by atoms with van der Waals surface area (Å²) in [6.07, 6.45) is 2.63. The van der Waals surface area contributed by atoms with Crippen molar-refractivity contribution in [2.45, 2.75) is 62.9 Å². The van der Waals surface area contributed by atoms with Crippen LogP contribution in [0.5, 0.6) is 5.75 Å². The van der Waals surface area contributed by atoms with E-state index in [2.05, 4.69) is 25.8 Å². The van der Waals surface area contributed by atoms with Crippen molar-refractivity contribution in [2.24, 2.45) is 5.92 Å². The van der Waals surface area contributed by atoms with E-state index in [1.54, 1.807) is 12.3 Å². The number of carbonyl (C=O) groups excluding carboxylic acids is 4. The maximum atomic E-state index is 14.2. The molecule has 2 bridgehead atoms. The zero-order chi connectivity index (χ0) is 34.3. The van der Waals surface area contributed by atoms with Gasteiger partial charge in [0.1, 0.15) is 17.8 Å². The molecule has 3 aromatic rings. The molecule has 4 N–H and O–H groups in total. The molecule has 12 heteroatoms. The molecule has 5 atom stereocenters. The fourth-order valence-electron chi connectivity index (χ4n) is 6.60. The number of carbonyl (C=O) groups is 4. The van der Waals surface area contributed by atoms with Gasteiger partial charge in [0, 0.05) is 50.8 Å². The van der Waals surface area contributed by atoms with E-state index in [4.69, 9.17) is 4.74 Å². The zero-order valence-corrected chi connectivity index (χ0v) is 27.7. The molecular weight excluding hydrogens is 624 g/mol. The number of aromatic nitrogens is 1. The van der Waals surface area contributed by atoms with E-state index in [0.29, 0.717) is 31.9 Å². The molecule has 258 valence electrons. The number of nitrogens with one attached hydrogen (secondary N) is 3. The molecule has 49 heavy (non-hydrogen) atoms. The lowest BCUT2D eigenvalue weighted by atomic mass is 9.93. The SMILES string of the molecule is C[C@@H](O)[C@@H]1NC(=O)COc2cccc(c2)[C@H]2CN(Cc3ccccn3)C[C@@H]2NC(=O)[C@H](Cc2ccccc2)NC(=O)CN(CC2CC2)C1=O. The van der Waals surface area contributed by atoms with Crippen molar-refractivity contribution in [3.63, 3.8) is 0 Å². The van der Waals surface area contributed by atoms with Crippen LogP contribution in [-0.2, 0) is 32.1 Å². The van der Waals surface area contributed by atoms with Gasteiger partial charge in [0.2, 0.25) is 17.7 Å². The lowest BCUT2D eigenvalue weighted by Gasteiger charge is -2.30. The van der Waals surface area contributed by atoms with Crippen LogP contribution in [0.25, 0.3) is 0 Å². The number of amides is 4. The van der Waals surface area contributed by atoms with Gasteiger partial charge in [-0.3, -0.25) is 29.1 Å². The number of likely N-dealkylation sites (tertiary alicyclic amines) is 1. The number of rotatable bonds is 7. The van der Waals surface area contributed by atoms with E-state index in [1.807, 2.05) is 66.7 Å². The Morgan fingerprint density at radius 2 is 1.71 bits per heavy atom. The number of ether oxygens (including phenoxy) is 1. The van der Waals surface area contributed by atoms with Crippen LogP contribution >= 0.6 is 0 Å². The Kier molecular flexibility index (Phi) is 10.8. The van der Waals surface area contributed by atoms with Crippen LogP contribution < -0.4 is 20.7 Å². The number of hydrogen-bond acceptors (Lipinski definition) is 8. The molecule has 4 amide bonds. The number of nitrogens with zero attached hydrogens (tertiary/aromatic N) is 3. The fraction of sp³-hybridized carbons (Fsp3) is 0.432. The Morgan fingerprint density at radius 3 is 2.45 bits per heavy atom. The molecule has 1 saturated heterocycles. The maximum Gasteiger partial charge on any atom is 0.258 e. The van der Waals surface area contributed by atoms with Gasteiger partial charge in [-0.1, -0.05) is 48.5 Å². The van der Waals surface area contributed by atoms with Crippen LogP contribution in [0.1, 0.15) is 42.5 Å². The summed E-state index contributed by atoms with van der Waals surface area (Å²) in [6, 6.07) is 20.2. The number of hydrogen-bond donors (Lipinski definition) is 4. The minimum Gasteiger partial charge on any atom is -0.484 e. The number of aliphatic hydroxyl groups excluding tert-OH is 1. The highest BCUT2D eigenvalue weighted by Gasteiger charge is 2.38. The van der Waals surface area contributed by atoms with E-state index in [-0.39, 0.29) is 43.4 Å². The van der Waals surface area contributed by atoms with Gasteiger partial charge in [0.15, 0.2) is 6.61 Å². The first-order valence-electron chi connectivity index (χ1n) is 17.0. The van der Waals surface area contributed by atoms with Crippen molar-refractivity contribution in [3.8, 4) is 5.75 Å². The Bertz CT molecular complexity index is 1620. The minimum atomic E-state index is -1.28. The summed E-state index contributed by atoms with van der Waals surface area (Å²) in [5.74, 6) is -1.40. The normalized spacial score (nSPS) is 24.8. The molecule has 1 saturated carbocycles. The van der Waals surface area contributed by atoms with Crippen molar-refractivity contribution >= 4 is 23.6 Å². The third kappa shape index (κ3) is 9.21. The quantitative estimate of drug-likeness (QED) is 0.295. The molecule has 12 nitrogen and oxygen atoms in total. The van der Waals surface area contributed by atoms with Gasteiger partial charge in [-0.05, 0) is 61.1 Å². The van der Waals surface area contributed by atoms with Crippen molar-refractivity contribution in [2.75, 3.05) is 32.8 Å². The van der Waals surface area contributed by atoms with Gasteiger partial charge in [0.25, 0.3) is 5.91 Å². The third-order valence-corrected chi connectivity index (χ3v) is 9.31. The van der Waals surface area contributed by atoms with Crippen molar-refractivity contribution < 1.29 is 29.0 Å². The van der Waals surface area contributed by atoms with Crippen LogP contribution in [-0.4, -0.2) is 101 Å². The molecule has 0 spiro atoms. The smallest absolute Gasteiger partial charge is 0.258 e. The van der Waals surface area contributed by atoms with E-state index >= 15 is 0 Å². The minimum absolute atomic E-state index is 0.122. The molecule has 3 heterocycles. The van der Waals surface area contributed by atoms with E-state index in [9.17, 15) is 24.3 Å². The number of fused-ring (bicyclic) bond motifs is 4. The van der Waals surface area contributed by atoms with Gasteiger partial charge in [0.05, 0.1) is 18.3 Å². The molecular formula is C37H44N6O6. The second-order valence-corrected chi connectivity index (χ2v) is 13.4. The molecule has 2 fully saturated rings. The molecule has 0 unspecified atom stereocenters. The summed E-state index contributed by atoms with van der Waals surface area (Å²) >= 11 is 0. The van der Waals surface area contributed by atoms with Gasteiger partial charge in [-0.15, -0.1) is 0 Å². The average molecular weight is 669 g/mol. The highest BCUT2D eigenvalue weighted by Crippen LogP contribution is 2.32. The topological polar surface area (TPSA) is 153 Å². The molecule has 3 aliphatic rings. The monoisotopic (exact) mass is 668 g/mol. The molecule has 6 rings (SSSR count). The number of aliphatic hydroxyl groups is 1. The average Bonchev–Trinajstić information content (AvgIpc) is 3.83. The first-order valence-corrected chi connectivity index (χ1v) is 17.0. The lowest BCUT2D eigenvalue weighted by Crippen LogP contribution is -2.58. The second-order valence-electron chi connectivity index (χ2n) is 13.4. The van der Waals surface area contributed by atoms with Crippen LogP contribution in [0.2, 0.25) is 0 Å². The van der Waals surface area contributed by atoms with E-state index < -0.39 is 35.9 Å². The Balaban J connectivity index is 1.32. The summed E-state index contributed by atoms with van der Waals surface area (Å²) in [5, 5.41) is 19.3. The summed E-state index contributed by atoms with van der Waals surface area (Å²) in [6.45, 7) is 2.81. The largest absolute Gasteiger partial charge is 0.484 e. The van der Waals surface area contributed by atoms with Crippen LogP contribution in [0.3, 0.4) is 0 Å². The molecule has 1 aliphatic carbocycles. The summed E-state index contributed by atoms with van der Waals surface area (Å²) in [5.41, 5.74) is 2.71. The maximum absolute atomic E-state index is 14.2. The zero-order valence-electron chi connectivity index (χ0n) is 27.7. The van der Waals surface area contributed by atoms with Crippen LogP contribution in [0, 0.1) is 5.92 Å². The standard InChI is InChI=1S/C37H44N6O6/c1-24(44)35-37(48)43(18-26-13-14-26)22-33(45)39-31(16-25-8-3-2-4-9-25)36(47)40-32-21-42(19-28-11-5-6-15-38-28)20-30(32)27-10-7-12-29(17-27)49-23-34(46)41-35/h2-12,15,17,24,26,30-32,35,44H,13-14,16,18-23H2,1H3,(H,39,45)(H,40,47)(H,41,46)/t24-,30-,31+,32+,35+/m1/s1. The predicted molar refractivity (Wildman–Crippen MR) is 181 cm³/mol. The first kappa shape index (κ1) is 34.1. The third-order valence-electron chi connectivity index (χ3n) is 9.31. The van der Waals surface area contributed by atoms with Gasteiger partial charge < -0.3 is 30.7 Å². The van der Waals surface area contributed by atoms with E-state index in [0.717, 1.165) is 29.7 Å². The Morgan fingerprint density at radius 1 is 0.918 bits per heavy atom. The molecule has 2 aliphatic heterocycles. The van der Waals surface area contributed by atoms with Crippen LogP contribution in [0.4, 0.5) is 0 Å². The Labute approximate surface area is 286 Å². The highest BCUT2D eigenvalue weighted by molar-refractivity contribution is 5.93. The van der Waals surface area contributed by atoms with Crippen molar-refractivity contribution in [1.82, 2.24) is 30.7 Å². The molecule has 0 radical (unpaired) electrons. The van der Waals surface area contributed by atoms with Crippen LogP contribution in [0.15, 0.2) is 79.0 Å². The lowest BCUT2D eigenvalue weighted by molar-refractivity contribution is -0.143. The molecule has 2 aromatic carbocycles. The van der Waals surface area contributed by atoms with Gasteiger partial charge in [-0.25, -0.2) is 0 Å². The van der Waals surface area contributed by atoms with Crippen molar-refractivity contribution in [3.05, 3.63) is 95.8 Å². The number of pyridine rings is 1.